The predicted molar refractivity (Wildman–Crippen MR) is 61.6 cm³/mol. The Bertz CT molecular complexity index is 526. The summed E-state index contributed by atoms with van der Waals surface area (Å²) >= 11 is 0. The van der Waals surface area contributed by atoms with Crippen molar-refractivity contribution in [2.24, 2.45) is 5.14 Å². The molecule has 0 spiro atoms. The third kappa shape index (κ3) is 3.61. The molecule has 0 aromatic heterocycles. The molecule has 0 aliphatic carbocycles. The van der Waals surface area contributed by atoms with Gasteiger partial charge in [-0.15, -0.1) is 0 Å². The maximum atomic E-state index is 12.5. The molecule has 8 heteroatoms. The van der Waals surface area contributed by atoms with Gasteiger partial charge in [0.2, 0.25) is 10.0 Å². The number of sulfonamides is 1. The van der Waals surface area contributed by atoms with Crippen molar-refractivity contribution in [3.05, 3.63) is 23.8 Å². The highest BCUT2D eigenvalue weighted by molar-refractivity contribution is 7.89. The molecule has 0 atom stereocenters. The van der Waals surface area contributed by atoms with Crippen LogP contribution in [0.3, 0.4) is 0 Å². The Morgan fingerprint density at radius 1 is 1.33 bits per heavy atom. The van der Waals surface area contributed by atoms with Gasteiger partial charge in [0.15, 0.2) is 0 Å². The van der Waals surface area contributed by atoms with E-state index in [-0.39, 0.29) is 5.69 Å². The molecular weight excluding hydrogens is 269 g/mol. The van der Waals surface area contributed by atoms with E-state index in [4.69, 9.17) is 5.14 Å². The molecule has 0 aliphatic rings. The highest BCUT2D eigenvalue weighted by atomic mass is 32.2. The van der Waals surface area contributed by atoms with Crippen molar-refractivity contribution in [1.29, 1.82) is 0 Å². The van der Waals surface area contributed by atoms with Gasteiger partial charge in [0.05, 0.1) is 11.3 Å². The summed E-state index contributed by atoms with van der Waals surface area (Å²) in [7, 11) is -4.21. The normalized spacial score (nSPS) is 12.5. The van der Waals surface area contributed by atoms with E-state index < -0.39 is 26.7 Å². The number of hydrogen-bond acceptors (Lipinski definition) is 3. The Hall–Kier alpha value is -1.28. The lowest BCUT2D eigenvalue weighted by atomic mass is 10.2. The van der Waals surface area contributed by atoms with E-state index in [1.165, 1.54) is 0 Å². The second-order valence-corrected chi connectivity index (χ2v) is 5.21. The zero-order chi connectivity index (χ0) is 14.0. The number of nitrogens with two attached hydrogens (primary N) is 1. The van der Waals surface area contributed by atoms with E-state index in [0.717, 1.165) is 12.1 Å². The summed E-state index contributed by atoms with van der Waals surface area (Å²) in [4.78, 5) is -0.550. The van der Waals surface area contributed by atoms with Gasteiger partial charge in [0.1, 0.15) is 4.90 Å². The monoisotopic (exact) mass is 282 g/mol. The molecule has 1 aromatic rings. The van der Waals surface area contributed by atoms with Gasteiger partial charge >= 0.3 is 6.18 Å². The number of halogens is 3. The molecule has 1 rings (SSSR count). The van der Waals surface area contributed by atoms with Crippen LogP contribution >= 0.6 is 0 Å². The van der Waals surface area contributed by atoms with E-state index in [9.17, 15) is 21.6 Å². The Kier molecular flexibility index (Phi) is 4.23. The molecule has 0 unspecified atom stereocenters. The minimum atomic E-state index is -4.61. The van der Waals surface area contributed by atoms with E-state index >= 15 is 0 Å². The summed E-state index contributed by atoms with van der Waals surface area (Å²) in [6, 6.07) is 2.41. The van der Waals surface area contributed by atoms with Crippen LogP contribution in [0.1, 0.15) is 18.9 Å². The fraction of sp³-hybridized carbons (Fsp3) is 0.400. The summed E-state index contributed by atoms with van der Waals surface area (Å²) in [5, 5.41) is 7.63. The van der Waals surface area contributed by atoms with Crippen LogP contribution in [0.4, 0.5) is 18.9 Å². The van der Waals surface area contributed by atoms with Crippen LogP contribution in [0.15, 0.2) is 23.1 Å². The molecule has 1 aromatic carbocycles. The Labute approximate surface area is 103 Å². The van der Waals surface area contributed by atoms with Crippen LogP contribution in [-0.2, 0) is 16.2 Å². The number of benzene rings is 1. The van der Waals surface area contributed by atoms with E-state index in [1.807, 2.05) is 6.92 Å². The summed E-state index contributed by atoms with van der Waals surface area (Å²) in [5.41, 5.74) is -0.971. The zero-order valence-corrected chi connectivity index (χ0v) is 10.4. The van der Waals surface area contributed by atoms with Crippen molar-refractivity contribution < 1.29 is 21.6 Å². The summed E-state index contributed by atoms with van der Waals surface area (Å²) in [5.74, 6) is 0. The molecular formula is C10H13F3N2O2S. The SMILES string of the molecule is CCCNc1ccc(C(F)(F)F)cc1S(N)(=O)=O. The molecule has 0 saturated heterocycles. The molecule has 3 N–H and O–H groups in total. The van der Waals surface area contributed by atoms with Crippen molar-refractivity contribution >= 4 is 15.7 Å². The molecule has 4 nitrogen and oxygen atoms in total. The van der Waals surface area contributed by atoms with E-state index in [1.54, 1.807) is 0 Å². The largest absolute Gasteiger partial charge is 0.416 e. The number of hydrogen-bond donors (Lipinski definition) is 2. The maximum absolute atomic E-state index is 12.5. The highest BCUT2D eigenvalue weighted by Crippen LogP contribution is 2.33. The fourth-order valence-electron chi connectivity index (χ4n) is 1.34. The van der Waals surface area contributed by atoms with Crippen LogP contribution in [0.5, 0.6) is 0 Å². The average Bonchev–Trinajstić information content (AvgIpc) is 2.23. The molecule has 0 amide bonds. The minimum absolute atomic E-state index is 0.0763. The van der Waals surface area contributed by atoms with Gasteiger partial charge < -0.3 is 5.32 Å². The molecule has 102 valence electrons. The predicted octanol–water partition coefficient (Wildman–Crippen LogP) is 2.17. The second kappa shape index (κ2) is 5.15. The standard InChI is InChI=1S/C10H13F3N2O2S/c1-2-5-15-8-4-3-7(10(11,12)13)6-9(8)18(14,16)17/h3-4,6,15H,2,5H2,1H3,(H2,14,16,17). The van der Waals surface area contributed by atoms with Gasteiger partial charge in [-0.05, 0) is 24.6 Å². The molecule has 0 aliphatic heterocycles. The Balaban J connectivity index is 3.30. The van der Waals surface area contributed by atoms with Crippen LogP contribution in [0, 0.1) is 0 Å². The van der Waals surface area contributed by atoms with Crippen LogP contribution in [-0.4, -0.2) is 15.0 Å². The topological polar surface area (TPSA) is 72.2 Å². The number of nitrogens with one attached hydrogen (secondary N) is 1. The lowest BCUT2D eigenvalue weighted by Crippen LogP contribution is -2.17. The number of alkyl halides is 3. The summed E-state index contributed by atoms with van der Waals surface area (Å²) in [6.45, 7) is 2.28. The molecule has 0 heterocycles. The van der Waals surface area contributed by atoms with Gasteiger partial charge in [-0.1, -0.05) is 6.92 Å². The van der Waals surface area contributed by atoms with Gasteiger partial charge in [-0.25, -0.2) is 13.6 Å². The lowest BCUT2D eigenvalue weighted by molar-refractivity contribution is -0.137. The molecule has 0 bridgehead atoms. The van der Waals surface area contributed by atoms with Gasteiger partial charge in [-0.3, -0.25) is 0 Å². The number of anilines is 1. The Morgan fingerprint density at radius 2 is 1.94 bits per heavy atom. The quantitative estimate of drug-likeness (QED) is 0.889. The smallest absolute Gasteiger partial charge is 0.384 e. The first kappa shape index (κ1) is 14.8. The van der Waals surface area contributed by atoms with Gasteiger partial charge in [0, 0.05) is 6.54 Å². The molecule has 0 saturated carbocycles. The second-order valence-electron chi connectivity index (χ2n) is 3.68. The van der Waals surface area contributed by atoms with Crippen molar-refractivity contribution in [1.82, 2.24) is 0 Å². The van der Waals surface area contributed by atoms with E-state index in [0.29, 0.717) is 19.0 Å². The zero-order valence-electron chi connectivity index (χ0n) is 9.58. The fourth-order valence-corrected chi connectivity index (χ4v) is 2.08. The molecule has 18 heavy (non-hydrogen) atoms. The van der Waals surface area contributed by atoms with Gasteiger partial charge in [0.25, 0.3) is 0 Å². The molecule has 0 fully saturated rings. The Morgan fingerprint density at radius 3 is 2.39 bits per heavy atom. The first-order valence-electron chi connectivity index (χ1n) is 5.14. The number of rotatable bonds is 4. The number of primary sulfonamides is 1. The first-order chi connectivity index (χ1) is 8.16. The average molecular weight is 282 g/mol. The maximum Gasteiger partial charge on any atom is 0.416 e. The van der Waals surface area contributed by atoms with Crippen molar-refractivity contribution in [3.63, 3.8) is 0 Å². The third-order valence-electron chi connectivity index (χ3n) is 2.18. The van der Waals surface area contributed by atoms with Crippen LogP contribution in [0.2, 0.25) is 0 Å². The first-order valence-corrected chi connectivity index (χ1v) is 6.69. The van der Waals surface area contributed by atoms with Crippen molar-refractivity contribution in [3.8, 4) is 0 Å². The summed E-state index contributed by atoms with van der Waals surface area (Å²) < 4.78 is 60.0. The van der Waals surface area contributed by atoms with Crippen molar-refractivity contribution in [2.45, 2.75) is 24.4 Å². The van der Waals surface area contributed by atoms with E-state index in [2.05, 4.69) is 5.32 Å². The minimum Gasteiger partial charge on any atom is -0.384 e. The molecule has 0 radical (unpaired) electrons. The third-order valence-corrected chi connectivity index (χ3v) is 3.13. The van der Waals surface area contributed by atoms with Crippen molar-refractivity contribution in [2.75, 3.05) is 11.9 Å². The highest BCUT2D eigenvalue weighted by Gasteiger charge is 2.32. The van der Waals surface area contributed by atoms with Crippen LogP contribution < -0.4 is 10.5 Å². The lowest BCUT2D eigenvalue weighted by Gasteiger charge is -2.13. The van der Waals surface area contributed by atoms with Crippen LogP contribution in [0.25, 0.3) is 0 Å². The van der Waals surface area contributed by atoms with Gasteiger partial charge in [-0.2, -0.15) is 13.2 Å². The summed E-state index contributed by atoms with van der Waals surface area (Å²) in [6.07, 6.45) is -3.91.